The number of hydrogen-bond donors (Lipinski definition) is 0. The van der Waals surface area contributed by atoms with Gasteiger partial charge < -0.3 is 4.74 Å². The predicted octanol–water partition coefficient (Wildman–Crippen LogP) is 3.05. The molecule has 4 rings (SSSR count). The van der Waals surface area contributed by atoms with Crippen LogP contribution >= 0.6 is 15.9 Å². The van der Waals surface area contributed by atoms with Gasteiger partial charge in [-0.25, -0.2) is 0 Å². The number of unbranched alkanes of at least 4 members (excludes halogenated alkanes) is 1. The molecule has 23 heavy (non-hydrogen) atoms. The van der Waals surface area contributed by atoms with Gasteiger partial charge in [0.1, 0.15) is 5.60 Å². The molecule has 1 aliphatic carbocycles. The number of imide groups is 1. The third-order valence-corrected chi connectivity index (χ3v) is 6.89. The van der Waals surface area contributed by atoms with Crippen LogP contribution in [0.4, 0.5) is 0 Å². The molecule has 0 aromatic heterocycles. The van der Waals surface area contributed by atoms with Crippen molar-refractivity contribution in [3.63, 3.8) is 0 Å². The van der Waals surface area contributed by atoms with Crippen LogP contribution in [-0.2, 0) is 14.3 Å². The van der Waals surface area contributed by atoms with Gasteiger partial charge in [-0.3, -0.25) is 14.5 Å². The van der Waals surface area contributed by atoms with E-state index in [1.54, 1.807) is 0 Å². The van der Waals surface area contributed by atoms with Gasteiger partial charge >= 0.3 is 0 Å². The minimum absolute atomic E-state index is 0.00748. The van der Waals surface area contributed by atoms with Crippen LogP contribution in [0.1, 0.15) is 46.0 Å². The molecule has 0 aromatic rings. The van der Waals surface area contributed by atoms with E-state index < -0.39 is 5.60 Å². The zero-order valence-electron chi connectivity index (χ0n) is 13.8. The second kappa shape index (κ2) is 5.41. The van der Waals surface area contributed by atoms with Gasteiger partial charge in [-0.15, -0.1) is 0 Å². The lowest BCUT2D eigenvalue weighted by molar-refractivity contribution is -0.145. The van der Waals surface area contributed by atoms with Crippen LogP contribution in [0.2, 0.25) is 0 Å². The fourth-order valence-electron chi connectivity index (χ4n) is 5.34. The molecule has 4 aliphatic rings. The lowest BCUT2D eigenvalue weighted by Crippen LogP contribution is -2.46. The zero-order chi connectivity index (χ0) is 16.4. The van der Waals surface area contributed by atoms with Crippen LogP contribution in [-0.4, -0.2) is 40.3 Å². The molecule has 126 valence electrons. The Morgan fingerprint density at radius 2 is 2.09 bits per heavy atom. The number of likely N-dealkylation sites (tertiary alicyclic amines) is 1. The number of nitrogens with zero attached hydrogens (tertiary/aromatic N) is 1. The van der Waals surface area contributed by atoms with Crippen molar-refractivity contribution in [1.29, 1.82) is 0 Å². The number of hydrogen-bond acceptors (Lipinski definition) is 3. The number of fused-ring (bicyclic) bond motifs is 3. The molecule has 0 radical (unpaired) electrons. The van der Waals surface area contributed by atoms with E-state index >= 15 is 0 Å². The Bertz CT molecular complexity index is 601. The molecular formula is C18H24BrNO3. The van der Waals surface area contributed by atoms with Crippen LogP contribution in [0.25, 0.3) is 0 Å². The number of halogens is 1. The second-order valence-corrected chi connectivity index (χ2v) is 8.46. The Hall–Kier alpha value is -0.680. The third-order valence-electron chi connectivity index (χ3n) is 6.33. The number of carbonyl (C=O) groups is 2. The molecule has 1 spiro atoms. The Morgan fingerprint density at radius 3 is 2.83 bits per heavy atom. The predicted molar refractivity (Wildman–Crippen MR) is 90.0 cm³/mol. The number of rotatable bonds is 4. The van der Waals surface area contributed by atoms with Crippen molar-refractivity contribution in [3.05, 3.63) is 11.1 Å². The van der Waals surface area contributed by atoms with Gasteiger partial charge in [-0.1, -0.05) is 22.9 Å². The summed E-state index contributed by atoms with van der Waals surface area (Å²) in [6.07, 6.45) is 4.79. The van der Waals surface area contributed by atoms with Gasteiger partial charge in [0.05, 0.1) is 17.9 Å². The molecule has 2 bridgehead atoms. The average Bonchev–Trinajstić information content (AvgIpc) is 3.07. The standard InChI is InChI=1S/C18H24BrNO3/c1-10-5-6-12-11(2)15-13-14(18(12,9-10)23-15)17(22)20(16(13)21)8-4-3-7-19/h10,13-15H,3-9H2,1-2H3. The Kier molecular flexibility index (Phi) is 3.73. The molecule has 5 atom stereocenters. The van der Waals surface area contributed by atoms with Crippen molar-refractivity contribution in [2.45, 2.75) is 57.7 Å². The molecule has 4 nitrogen and oxygen atoms in total. The van der Waals surface area contributed by atoms with E-state index in [4.69, 9.17) is 4.74 Å². The van der Waals surface area contributed by atoms with Crippen LogP contribution in [0.5, 0.6) is 0 Å². The minimum Gasteiger partial charge on any atom is -0.361 e. The van der Waals surface area contributed by atoms with Crippen molar-refractivity contribution >= 4 is 27.7 Å². The maximum absolute atomic E-state index is 13.0. The van der Waals surface area contributed by atoms with E-state index in [0.717, 1.165) is 31.0 Å². The zero-order valence-corrected chi connectivity index (χ0v) is 15.4. The molecule has 0 N–H and O–H groups in total. The van der Waals surface area contributed by atoms with Gasteiger partial charge in [0, 0.05) is 11.9 Å². The summed E-state index contributed by atoms with van der Waals surface area (Å²) in [4.78, 5) is 27.4. The number of alkyl halides is 1. The van der Waals surface area contributed by atoms with E-state index in [1.165, 1.54) is 22.5 Å². The maximum atomic E-state index is 13.0. The molecule has 0 aromatic carbocycles. The first-order valence-electron chi connectivity index (χ1n) is 8.80. The van der Waals surface area contributed by atoms with Crippen molar-refractivity contribution in [3.8, 4) is 0 Å². The Morgan fingerprint density at radius 1 is 1.30 bits per heavy atom. The van der Waals surface area contributed by atoms with Crippen LogP contribution in [0.15, 0.2) is 11.1 Å². The van der Waals surface area contributed by atoms with Crippen molar-refractivity contribution in [2.24, 2.45) is 17.8 Å². The second-order valence-electron chi connectivity index (χ2n) is 7.67. The Balaban J connectivity index is 1.67. The van der Waals surface area contributed by atoms with Crippen LogP contribution in [0.3, 0.4) is 0 Å². The SMILES string of the molecule is CC1=C2CCC(C)CC23OC1C1C(=O)N(CCCCBr)C(=O)C13. The minimum atomic E-state index is -0.464. The van der Waals surface area contributed by atoms with E-state index in [0.29, 0.717) is 12.5 Å². The van der Waals surface area contributed by atoms with E-state index in [-0.39, 0.29) is 29.8 Å². The van der Waals surface area contributed by atoms with Gasteiger partial charge in [-0.05, 0) is 56.1 Å². The monoisotopic (exact) mass is 381 g/mol. The first-order chi connectivity index (χ1) is 11.0. The molecule has 3 fully saturated rings. The molecule has 5 unspecified atom stereocenters. The van der Waals surface area contributed by atoms with Gasteiger partial charge in [-0.2, -0.15) is 0 Å². The van der Waals surface area contributed by atoms with Gasteiger partial charge in [0.15, 0.2) is 0 Å². The summed E-state index contributed by atoms with van der Waals surface area (Å²) in [6, 6.07) is 0. The van der Waals surface area contributed by atoms with Crippen molar-refractivity contribution in [1.82, 2.24) is 4.90 Å². The molecule has 3 aliphatic heterocycles. The summed E-state index contributed by atoms with van der Waals surface area (Å²) in [6.45, 7) is 4.90. The number of ether oxygens (including phenoxy) is 1. The quantitative estimate of drug-likeness (QED) is 0.325. The largest absolute Gasteiger partial charge is 0.361 e. The third kappa shape index (κ3) is 1.98. The highest BCUT2D eigenvalue weighted by Gasteiger charge is 2.71. The molecular weight excluding hydrogens is 358 g/mol. The summed E-state index contributed by atoms with van der Waals surface area (Å²) in [5.41, 5.74) is 2.11. The van der Waals surface area contributed by atoms with Gasteiger partial charge in [0.25, 0.3) is 0 Å². The van der Waals surface area contributed by atoms with Crippen LogP contribution < -0.4 is 0 Å². The fraction of sp³-hybridized carbons (Fsp3) is 0.778. The molecule has 2 amide bonds. The van der Waals surface area contributed by atoms with E-state index in [9.17, 15) is 9.59 Å². The summed E-state index contributed by atoms with van der Waals surface area (Å²) < 4.78 is 6.38. The topological polar surface area (TPSA) is 46.6 Å². The number of amides is 2. The van der Waals surface area contributed by atoms with Crippen molar-refractivity contribution < 1.29 is 14.3 Å². The number of carbonyl (C=O) groups excluding carboxylic acids is 2. The highest BCUT2D eigenvalue weighted by atomic mass is 79.9. The van der Waals surface area contributed by atoms with Crippen molar-refractivity contribution in [2.75, 3.05) is 11.9 Å². The lowest BCUT2D eigenvalue weighted by Gasteiger charge is -2.40. The summed E-state index contributed by atoms with van der Waals surface area (Å²) in [5.74, 6) is 0.0598. The normalized spacial score (nSPS) is 41.8. The Labute approximate surface area is 145 Å². The molecule has 1 saturated carbocycles. The average molecular weight is 382 g/mol. The summed E-state index contributed by atoms with van der Waals surface area (Å²) in [5, 5.41) is 0.911. The van der Waals surface area contributed by atoms with E-state index in [2.05, 4.69) is 29.8 Å². The van der Waals surface area contributed by atoms with Gasteiger partial charge in [0.2, 0.25) is 11.8 Å². The fourth-order valence-corrected chi connectivity index (χ4v) is 5.74. The lowest BCUT2D eigenvalue weighted by atomic mass is 9.62. The first kappa shape index (κ1) is 15.8. The highest BCUT2D eigenvalue weighted by Crippen LogP contribution is 2.62. The summed E-state index contributed by atoms with van der Waals surface area (Å²) >= 11 is 3.41. The molecule has 3 heterocycles. The maximum Gasteiger partial charge on any atom is 0.236 e. The van der Waals surface area contributed by atoms with Crippen LogP contribution in [0, 0.1) is 17.8 Å². The van der Waals surface area contributed by atoms with E-state index in [1.807, 2.05) is 0 Å². The molecule has 5 heteroatoms. The summed E-state index contributed by atoms with van der Waals surface area (Å²) in [7, 11) is 0. The smallest absolute Gasteiger partial charge is 0.236 e. The molecule has 2 saturated heterocycles. The highest BCUT2D eigenvalue weighted by molar-refractivity contribution is 9.09. The first-order valence-corrected chi connectivity index (χ1v) is 9.92.